The molecule has 0 aliphatic heterocycles. The molecule has 6 heteroatoms. The first-order valence-corrected chi connectivity index (χ1v) is 5.09. The van der Waals surface area contributed by atoms with E-state index in [0.717, 1.165) is 23.2 Å². The number of anilines is 2. The van der Waals surface area contributed by atoms with Gasteiger partial charge in [0.25, 0.3) is 0 Å². The second-order valence-electron chi connectivity index (χ2n) is 2.76. The molecule has 0 saturated carbocycles. The molecule has 5 nitrogen and oxygen atoms in total. The number of nitrogen functional groups attached to an aromatic ring is 1. The van der Waals surface area contributed by atoms with E-state index in [-0.39, 0.29) is 0 Å². The summed E-state index contributed by atoms with van der Waals surface area (Å²) >= 11 is 1.45. The van der Waals surface area contributed by atoms with Crippen LogP contribution in [-0.2, 0) is 6.54 Å². The predicted molar refractivity (Wildman–Crippen MR) is 57.2 cm³/mol. The number of nitrogens with two attached hydrogens (primary N) is 1. The van der Waals surface area contributed by atoms with Crippen molar-refractivity contribution in [1.29, 1.82) is 0 Å². The number of hydrogen-bond acceptors (Lipinski definition) is 5. The second kappa shape index (κ2) is 4.10. The Hall–Kier alpha value is -1.56. The maximum absolute atomic E-state index is 5.54. The Morgan fingerprint density at radius 2 is 2.50 bits per heavy atom. The Labute approximate surface area is 85.6 Å². The van der Waals surface area contributed by atoms with Crippen molar-refractivity contribution in [3.8, 4) is 0 Å². The molecule has 0 fully saturated rings. The van der Waals surface area contributed by atoms with E-state index in [0.29, 0.717) is 0 Å². The number of nitrogens with zero attached hydrogens (tertiary/aromatic N) is 3. The van der Waals surface area contributed by atoms with Crippen LogP contribution in [0.25, 0.3) is 0 Å². The molecule has 0 saturated heterocycles. The van der Waals surface area contributed by atoms with Crippen LogP contribution in [0.2, 0.25) is 0 Å². The van der Waals surface area contributed by atoms with E-state index in [1.54, 1.807) is 12.4 Å². The highest BCUT2D eigenvalue weighted by Crippen LogP contribution is 2.18. The first-order valence-electron chi connectivity index (χ1n) is 4.27. The van der Waals surface area contributed by atoms with Crippen molar-refractivity contribution >= 4 is 21.5 Å². The molecule has 2 aromatic heterocycles. The first kappa shape index (κ1) is 9.01. The van der Waals surface area contributed by atoms with Crippen molar-refractivity contribution in [1.82, 2.24) is 14.8 Å². The molecular formula is C8H11N5S. The van der Waals surface area contributed by atoms with Crippen LogP contribution in [0.5, 0.6) is 0 Å². The fourth-order valence-electron chi connectivity index (χ4n) is 1.08. The van der Waals surface area contributed by atoms with Crippen LogP contribution in [0.3, 0.4) is 0 Å². The Balaban J connectivity index is 1.78. The highest BCUT2D eigenvalue weighted by molar-refractivity contribution is 7.19. The summed E-state index contributed by atoms with van der Waals surface area (Å²) in [7, 11) is 0. The van der Waals surface area contributed by atoms with Crippen LogP contribution < -0.4 is 11.1 Å². The second-order valence-corrected chi connectivity index (χ2v) is 3.83. The number of nitrogens with one attached hydrogen (secondary N) is 1. The third-order valence-corrected chi connectivity index (χ3v) is 2.48. The Morgan fingerprint density at radius 1 is 1.57 bits per heavy atom. The average molecular weight is 209 g/mol. The number of thiazole rings is 1. The van der Waals surface area contributed by atoms with Crippen molar-refractivity contribution in [3.63, 3.8) is 0 Å². The fourth-order valence-corrected chi connectivity index (χ4v) is 1.69. The van der Waals surface area contributed by atoms with E-state index in [4.69, 9.17) is 5.73 Å². The predicted octanol–water partition coefficient (Wildman–Crippen LogP) is 1.03. The normalized spacial score (nSPS) is 10.3. The van der Waals surface area contributed by atoms with Crippen LogP contribution in [-0.4, -0.2) is 21.3 Å². The van der Waals surface area contributed by atoms with Gasteiger partial charge in [0.2, 0.25) is 0 Å². The van der Waals surface area contributed by atoms with Crippen LogP contribution >= 0.6 is 11.3 Å². The Bertz CT molecular complexity index is 380. The molecule has 14 heavy (non-hydrogen) atoms. The molecule has 0 spiro atoms. The molecule has 0 aliphatic carbocycles. The summed E-state index contributed by atoms with van der Waals surface area (Å²) in [5.41, 5.74) is 5.54. The van der Waals surface area contributed by atoms with Crippen molar-refractivity contribution in [3.05, 3.63) is 24.7 Å². The lowest BCUT2D eigenvalue weighted by Gasteiger charge is -2.01. The lowest BCUT2D eigenvalue weighted by Crippen LogP contribution is -2.10. The van der Waals surface area contributed by atoms with Gasteiger partial charge in [0.1, 0.15) is 5.00 Å². The monoisotopic (exact) mass is 209 g/mol. The third-order valence-electron chi connectivity index (χ3n) is 1.70. The summed E-state index contributed by atoms with van der Waals surface area (Å²) in [5.74, 6) is 0. The van der Waals surface area contributed by atoms with Gasteiger partial charge in [0.15, 0.2) is 5.13 Å². The molecule has 74 valence electrons. The first-order chi connectivity index (χ1) is 6.84. The summed E-state index contributed by atoms with van der Waals surface area (Å²) in [6, 6.07) is 1.90. The van der Waals surface area contributed by atoms with Crippen molar-refractivity contribution in [2.75, 3.05) is 17.6 Å². The highest BCUT2D eigenvalue weighted by atomic mass is 32.1. The van der Waals surface area contributed by atoms with Gasteiger partial charge in [0.05, 0.1) is 12.7 Å². The molecule has 0 aliphatic rings. The molecule has 2 heterocycles. The molecule has 2 aromatic rings. The summed E-state index contributed by atoms with van der Waals surface area (Å²) < 4.78 is 1.87. The minimum atomic E-state index is 0.728. The SMILES string of the molecule is Nc1cnc(NCCn2cccn2)s1. The Morgan fingerprint density at radius 3 is 3.14 bits per heavy atom. The zero-order valence-electron chi connectivity index (χ0n) is 7.55. The van der Waals surface area contributed by atoms with Gasteiger partial charge in [-0.1, -0.05) is 11.3 Å². The quantitative estimate of drug-likeness (QED) is 0.789. The molecule has 3 N–H and O–H groups in total. The van der Waals surface area contributed by atoms with E-state index < -0.39 is 0 Å². The van der Waals surface area contributed by atoms with Gasteiger partial charge in [-0.2, -0.15) is 5.10 Å². The fraction of sp³-hybridized carbons (Fsp3) is 0.250. The minimum Gasteiger partial charge on any atom is -0.389 e. The van der Waals surface area contributed by atoms with Crippen LogP contribution in [0.1, 0.15) is 0 Å². The van der Waals surface area contributed by atoms with Crippen molar-refractivity contribution < 1.29 is 0 Å². The van der Waals surface area contributed by atoms with Gasteiger partial charge < -0.3 is 11.1 Å². The number of rotatable bonds is 4. The number of hydrogen-bond donors (Lipinski definition) is 2. The summed E-state index contributed by atoms with van der Waals surface area (Å²) in [6.07, 6.45) is 5.35. The topological polar surface area (TPSA) is 68.8 Å². The van der Waals surface area contributed by atoms with Gasteiger partial charge in [-0.05, 0) is 6.07 Å². The molecule has 0 aromatic carbocycles. The molecule has 0 bridgehead atoms. The summed E-state index contributed by atoms with van der Waals surface area (Å²) in [6.45, 7) is 1.63. The van der Waals surface area contributed by atoms with E-state index in [9.17, 15) is 0 Å². The zero-order valence-corrected chi connectivity index (χ0v) is 8.37. The van der Waals surface area contributed by atoms with Gasteiger partial charge in [-0.3, -0.25) is 4.68 Å². The van der Waals surface area contributed by atoms with Crippen molar-refractivity contribution in [2.45, 2.75) is 6.54 Å². The molecule has 0 amide bonds. The molecule has 0 radical (unpaired) electrons. The van der Waals surface area contributed by atoms with E-state index >= 15 is 0 Å². The molecule has 0 atom stereocenters. The maximum Gasteiger partial charge on any atom is 0.184 e. The third kappa shape index (κ3) is 2.23. The zero-order chi connectivity index (χ0) is 9.80. The maximum atomic E-state index is 5.54. The van der Waals surface area contributed by atoms with E-state index in [2.05, 4.69) is 15.4 Å². The molecular weight excluding hydrogens is 198 g/mol. The van der Waals surface area contributed by atoms with E-state index in [1.807, 2.05) is 16.9 Å². The number of aromatic nitrogens is 3. The summed E-state index contributed by atoms with van der Waals surface area (Å²) in [5, 5.41) is 8.84. The lowest BCUT2D eigenvalue weighted by atomic mass is 10.6. The molecule has 0 unspecified atom stereocenters. The summed E-state index contributed by atoms with van der Waals surface area (Å²) in [4.78, 5) is 4.09. The lowest BCUT2D eigenvalue weighted by molar-refractivity contribution is 0.637. The van der Waals surface area contributed by atoms with Crippen molar-refractivity contribution in [2.24, 2.45) is 0 Å². The van der Waals surface area contributed by atoms with E-state index in [1.165, 1.54) is 11.3 Å². The standard InChI is InChI=1S/C8H11N5S/c9-7-6-11-8(14-7)10-3-5-13-4-1-2-12-13/h1-2,4,6H,3,5,9H2,(H,10,11). The van der Waals surface area contributed by atoms with Gasteiger partial charge in [0, 0.05) is 18.9 Å². The largest absolute Gasteiger partial charge is 0.389 e. The van der Waals surface area contributed by atoms with Gasteiger partial charge >= 0.3 is 0 Å². The minimum absolute atomic E-state index is 0.728. The van der Waals surface area contributed by atoms with Crippen LogP contribution in [0.15, 0.2) is 24.7 Å². The van der Waals surface area contributed by atoms with Gasteiger partial charge in [-0.15, -0.1) is 0 Å². The highest BCUT2D eigenvalue weighted by Gasteiger charge is 1.97. The van der Waals surface area contributed by atoms with Crippen LogP contribution in [0.4, 0.5) is 10.1 Å². The Kier molecular flexibility index (Phi) is 2.64. The van der Waals surface area contributed by atoms with Gasteiger partial charge in [-0.25, -0.2) is 4.98 Å². The average Bonchev–Trinajstić information content (AvgIpc) is 2.77. The smallest absolute Gasteiger partial charge is 0.184 e. The molecule has 2 rings (SSSR count). The van der Waals surface area contributed by atoms with Crippen LogP contribution in [0, 0.1) is 0 Å².